The maximum Gasteiger partial charge on any atom is 0.0346 e. The Morgan fingerprint density at radius 3 is 1.11 bits per heavy atom. The van der Waals surface area contributed by atoms with Gasteiger partial charge in [0.2, 0.25) is 0 Å². The molecule has 0 fully saturated rings. The molecule has 4 aromatic rings. The SMILES string of the molecule is CCCc1cc(Cc2ccc(CCc3ccc(Cc4ccc(N)c(CCC)c4)cc3)cc2)ccc1N. The van der Waals surface area contributed by atoms with Crippen LogP contribution in [0.3, 0.4) is 0 Å². The first-order valence-corrected chi connectivity index (χ1v) is 13.4. The molecule has 0 bridgehead atoms. The molecule has 0 aromatic heterocycles. The van der Waals surface area contributed by atoms with Gasteiger partial charge in [0.15, 0.2) is 0 Å². The smallest absolute Gasteiger partial charge is 0.0346 e. The lowest BCUT2D eigenvalue weighted by atomic mass is 9.97. The van der Waals surface area contributed by atoms with Crippen molar-refractivity contribution in [1.82, 2.24) is 0 Å². The summed E-state index contributed by atoms with van der Waals surface area (Å²) in [6, 6.07) is 31.2. The van der Waals surface area contributed by atoms with E-state index in [1.54, 1.807) is 0 Å². The first-order chi connectivity index (χ1) is 17.5. The summed E-state index contributed by atoms with van der Waals surface area (Å²) in [4.78, 5) is 0. The van der Waals surface area contributed by atoms with Crippen molar-refractivity contribution >= 4 is 11.4 Å². The van der Waals surface area contributed by atoms with E-state index >= 15 is 0 Å². The van der Waals surface area contributed by atoms with Crippen LogP contribution in [0, 0.1) is 0 Å². The van der Waals surface area contributed by atoms with Crippen molar-refractivity contribution in [1.29, 1.82) is 0 Å². The van der Waals surface area contributed by atoms with Gasteiger partial charge in [-0.05, 0) is 95.2 Å². The van der Waals surface area contributed by atoms with E-state index in [0.717, 1.165) is 62.7 Å². The summed E-state index contributed by atoms with van der Waals surface area (Å²) in [7, 11) is 0. The molecule has 2 nitrogen and oxygen atoms in total. The highest BCUT2D eigenvalue weighted by molar-refractivity contribution is 5.50. The van der Waals surface area contributed by atoms with E-state index in [4.69, 9.17) is 11.5 Å². The van der Waals surface area contributed by atoms with Gasteiger partial charge < -0.3 is 11.5 Å². The molecule has 4 rings (SSSR count). The Kier molecular flexibility index (Phi) is 8.84. The monoisotopic (exact) mass is 476 g/mol. The second-order valence-corrected chi connectivity index (χ2v) is 10.1. The van der Waals surface area contributed by atoms with Crippen LogP contribution in [-0.4, -0.2) is 0 Å². The minimum atomic E-state index is 0.912. The van der Waals surface area contributed by atoms with Gasteiger partial charge >= 0.3 is 0 Å². The summed E-state index contributed by atoms with van der Waals surface area (Å²) in [6.07, 6.45) is 8.34. The highest BCUT2D eigenvalue weighted by Crippen LogP contribution is 2.21. The third-order valence-corrected chi connectivity index (χ3v) is 7.02. The zero-order chi connectivity index (χ0) is 25.3. The molecule has 0 aliphatic rings. The maximum atomic E-state index is 6.13. The number of nitrogens with two attached hydrogens (primary N) is 2. The molecule has 0 amide bonds. The van der Waals surface area contributed by atoms with Gasteiger partial charge in [0.1, 0.15) is 0 Å². The summed E-state index contributed by atoms with van der Waals surface area (Å²) in [5, 5.41) is 0. The van der Waals surface area contributed by atoms with E-state index in [1.807, 2.05) is 0 Å². The maximum absolute atomic E-state index is 6.13. The van der Waals surface area contributed by atoms with Crippen molar-refractivity contribution in [2.75, 3.05) is 11.5 Å². The lowest BCUT2D eigenvalue weighted by Crippen LogP contribution is -1.98. The number of rotatable bonds is 11. The molecule has 0 aliphatic heterocycles. The van der Waals surface area contributed by atoms with Crippen molar-refractivity contribution in [3.8, 4) is 0 Å². The lowest BCUT2D eigenvalue weighted by molar-refractivity contribution is 0.920. The largest absolute Gasteiger partial charge is 0.399 e. The fraction of sp³-hybridized carbons (Fsp3) is 0.294. The molecular weight excluding hydrogens is 436 g/mol. The Labute approximate surface area is 217 Å². The van der Waals surface area contributed by atoms with Gasteiger partial charge in [0, 0.05) is 11.4 Å². The summed E-state index contributed by atoms with van der Waals surface area (Å²) < 4.78 is 0. The third-order valence-electron chi connectivity index (χ3n) is 7.02. The van der Waals surface area contributed by atoms with E-state index < -0.39 is 0 Å². The fourth-order valence-corrected chi connectivity index (χ4v) is 4.92. The van der Waals surface area contributed by atoms with Gasteiger partial charge in [-0.25, -0.2) is 0 Å². The van der Waals surface area contributed by atoms with Gasteiger partial charge in [0.05, 0.1) is 0 Å². The first-order valence-electron chi connectivity index (χ1n) is 13.4. The van der Waals surface area contributed by atoms with Gasteiger partial charge in [-0.3, -0.25) is 0 Å². The summed E-state index contributed by atoms with van der Waals surface area (Å²) in [5.41, 5.74) is 24.8. The van der Waals surface area contributed by atoms with Crippen molar-refractivity contribution in [3.63, 3.8) is 0 Å². The first kappa shape index (κ1) is 25.6. The van der Waals surface area contributed by atoms with Crippen molar-refractivity contribution in [3.05, 3.63) is 129 Å². The molecular formula is C34H40N2. The number of nitrogen functional groups attached to an aromatic ring is 2. The van der Waals surface area contributed by atoms with E-state index in [-0.39, 0.29) is 0 Å². The predicted molar refractivity (Wildman–Crippen MR) is 156 cm³/mol. The van der Waals surface area contributed by atoms with E-state index in [0.29, 0.717) is 0 Å². The van der Waals surface area contributed by atoms with Gasteiger partial charge in [-0.2, -0.15) is 0 Å². The zero-order valence-electron chi connectivity index (χ0n) is 21.9. The summed E-state index contributed by atoms with van der Waals surface area (Å²) >= 11 is 0. The number of hydrogen-bond acceptors (Lipinski definition) is 2. The van der Waals surface area contributed by atoms with Crippen molar-refractivity contribution < 1.29 is 0 Å². The number of hydrogen-bond donors (Lipinski definition) is 2. The van der Waals surface area contributed by atoms with Crippen LogP contribution in [-0.2, 0) is 38.5 Å². The quantitative estimate of drug-likeness (QED) is 0.218. The number of benzene rings is 4. The minimum absolute atomic E-state index is 0.912. The predicted octanol–water partition coefficient (Wildman–Crippen LogP) is 7.72. The Hall–Kier alpha value is -3.52. The van der Waals surface area contributed by atoms with Gasteiger partial charge in [-0.1, -0.05) is 99.5 Å². The Morgan fingerprint density at radius 2 is 0.750 bits per heavy atom. The van der Waals surface area contributed by atoms with E-state index in [1.165, 1.54) is 44.5 Å². The molecule has 4 aromatic carbocycles. The normalized spacial score (nSPS) is 11.1. The van der Waals surface area contributed by atoms with Crippen molar-refractivity contribution in [2.45, 2.75) is 65.2 Å². The van der Waals surface area contributed by atoms with Gasteiger partial charge in [-0.15, -0.1) is 0 Å². The van der Waals surface area contributed by atoms with Crippen LogP contribution in [0.2, 0.25) is 0 Å². The molecule has 2 heteroatoms. The third kappa shape index (κ3) is 7.01. The molecule has 4 N–H and O–H groups in total. The van der Waals surface area contributed by atoms with Crippen molar-refractivity contribution in [2.24, 2.45) is 0 Å². The fourth-order valence-electron chi connectivity index (χ4n) is 4.92. The molecule has 0 heterocycles. The molecule has 36 heavy (non-hydrogen) atoms. The van der Waals surface area contributed by atoms with Crippen LogP contribution in [0.15, 0.2) is 84.9 Å². The molecule has 0 saturated heterocycles. The topological polar surface area (TPSA) is 52.0 Å². The number of aryl methyl sites for hydroxylation is 4. The van der Waals surface area contributed by atoms with Crippen LogP contribution < -0.4 is 11.5 Å². The molecule has 0 atom stereocenters. The van der Waals surface area contributed by atoms with Crippen LogP contribution in [0.25, 0.3) is 0 Å². The average molecular weight is 477 g/mol. The average Bonchev–Trinajstić information content (AvgIpc) is 2.89. The standard InChI is InChI=1S/C34H40N2/c1-3-5-31-23-29(17-19-33(31)35)21-27-13-9-25(10-14-27)7-8-26-11-15-28(16-12-26)22-30-18-20-34(36)32(24-30)6-4-2/h9-20,23-24H,3-8,21-22,35-36H2,1-2H3. The lowest BCUT2D eigenvalue weighted by Gasteiger charge is -2.10. The molecule has 0 aliphatic carbocycles. The van der Waals surface area contributed by atoms with Crippen LogP contribution in [0.1, 0.15) is 71.2 Å². The van der Waals surface area contributed by atoms with E-state index in [2.05, 4.69) is 98.8 Å². The van der Waals surface area contributed by atoms with Crippen LogP contribution >= 0.6 is 0 Å². The molecule has 0 saturated carbocycles. The van der Waals surface area contributed by atoms with Gasteiger partial charge in [0.25, 0.3) is 0 Å². The summed E-state index contributed by atoms with van der Waals surface area (Å²) in [6.45, 7) is 4.40. The Balaban J connectivity index is 1.30. The summed E-state index contributed by atoms with van der Waals surface area (Å²) in [5.74, 6) is 0. The molecule has 0 spiro atoms. The highest BCUT2D eigenvalue weighted by Gasteiger charge is 2.05. The molecule has 0 unspecified atom stereocenters. The van der Waals surface area contributed by atoms with E-state index in [9.17, 15) is 0 Å². The number of anilines is 2. The minimum Gasteiger partial charge on any atom is -0.399 e. The Morgan fingerprint density at radius 1 is 0.417 bits per heavy atom. The molecule has 186 valence electrons. The van der Waals surface area contributed by atoms with Crippen LogP contribution in [0.5, 0.6) is 0 Å². The highest BCUT2D eigenvalue weighted by atomic mass is 14.6. The molecule has 0 radical (unpaired) electrons. The second-order valence-electron chi connectivity index (χ2n) is 10.1. The zero-order valence-corrected chi connectivity index (χ0v) is 21.9. The second kappa shape index (κ2) is 12.4. The van der Waals surface area contributed by atoms with Crippen LogP contribution in [0.4, 0.5) is 11.4 Å². The Bertz CT molecular complexity index is 1150.